The Morgan fingerprint density at radius 1 is 1.28 bits per heavy atom. The highest BCUT2D eigenvalue weighted by atomic mass is 19.1. The maximum atomic E-state index is 13.6. The number of carbonyl (C=O) groups excluding carboxylic acids is 1. The van der Waals surface area contributed by atoms with Gasteiger partial charge in [0.1, 0.15) is 23.3 Å². The number of aryl methyl sites for hydroxylation is 1. The number of benzene rings is 1. The summed E-state index contributed by atoms with van der Waals surface area (Å²) in [6.07, 6.45) is 1.66. The standard InChI is InChI=1S/C21H23FN6O4/c1-13-24-17(19-11-28(27-26-19)10-15-12-31-5-6-32-15)8-18(25-13)21(29)23-9-14-3-4-16(22)20(7-14)30-2/h3-4,7-8,11,15H,5-6,9-10,12H2,1-2H3,(H,23,29)/t15-/m0/s1. The van der Waals surface area contributed by atoms with Gasteiger partial charge in [0.2, 0.25) is 0 Å². The van der Waals surface area contributed by atoms with Crippen LogP contribution < -0.4 is 10.1 Å². The summed E-state index contributed by atoms with van der Waals surface area (Å²) in [7, 11) is 1.39. The zero-order chi connectivity index (χ0) is 22.5. The van der Waals surface area contributed by atoms with Gasteiger partial charge in [-0.05, 0) is 30.7 Å². The highest BCUT2D eigenvalue weighted by Gasteiger charge is 2.18. The largest absolute Gasteiger partial charge is 0.494 e. The fourth-order valence-electron chi connectivity index (χ4n) is 3.26. The molecule has 168 valence electrons. The van der Waals surface area contributed by atoms with E-state index >= 15 is 0 Å². The smallest absolute Gasteiger partial charge is 0.270 e. The molecule has 1 amide bonds. The molecule has 0 aliphatic carbocycles. The summed E-state index contributed by atoms with van der Waals surface area (Å²) >= 11 is 0. The van der Waals surface area contributed by atoms with Crippen LogP contribution in [0.25, 0.3) is 11.4 Å². The molecule has 1 atom stereocenters. The Bertz CT molecular complexity index is 1100. The summed E-state index contributed by atoms with van der Waals surface area (Å²) in [6.45, 7) is 4.05. The number of halogens is 1. The third-order valence-corrected chi connectivity index (χ3v) is 4.82. The molecule has 0 bridgehead atoms. The van der Waals surface area contributed by atoms with E-state index in [9.17, 15) is 9.18 Å². The SMILES string of the molecule is COc1cc(CNC(=O)c2cc(-c3cn(C[C@H]4COCCO4)nn3)nc(C)n2)ccc1F. The Hall–Kier alpha value is -3.44. The predicted molar refractivity (Wildman–Crippen MR) is 110 cm³/mol. The highest BCUT2D eigenvalue weighted by molar-refractivity contribution is 5.93. The summed E-state index contributed by atoms with van der Waals surface area (Å²) in [4.78, 5) is 21.3. The Balaban J connectivity index is 1.44. The van der Waals surface area contributed by atoms with Crippen molar-refractivity contribution < 1.29 is 23.4 Å². The number of aromatic nitrogens is 5. The lowest BCUT2D eigenvalue weighted by molar-refractivity contribution is -0.0947. The summed E-state index contributed by atoms with van der Waals surface area (Å²) in [5.74, 6) is -0.311. The van der Waals surface area contributed by atoms with Crippen molar-refractivity contribution in [2.75, 3.05) is 26.9 Å². The quantitative estimate of drug-likeness (QED) is 0.586. The summed E-state index contributed by atoms with van der Waals surface area (Å²) in [6, 6.07) is 5.96. The molecular formula is C21H23FN6O4. The van der Waals surface area contributed by atoms with Gasteiger partial charge in [-0.1, -0.05) is 11.3 Å². The van der Waals surface area contributed by atoms with Crippen molar-refractivity contribution in [3.63, 3.8) is 0 Å². The monoisotopic (exact) mass is 442 g/mol. The zero-order valence-electron chi connectivity index (χ0n) is 17.7. The van der Waals surface area contributed by atoms with E-state index in [-0.39, 0.29) is 30.0 Å². The van der Waals surface area contributed by atoms with Gasteiger partial charge in [0.15, 0.2) is 11.6 Å². The molecular weight excluding hydrogens is 419 g/mol. The van der Waals surface area contributed by atoms with E-state index in [4.69, 9.17) is 14.2 Å². The molecule has 1 aliphatic rings. The van der Waals surface area contributed by atoms with Crippen LogP contribution in [0, 0.1) is 12.7 Å². The number of methoxy groups -OCH3 is 1. The van der Waals surface area contributed by atoms with Gasteiger partial charge in [0.05, 0.1) is 45.4 Å². The normalized spacial score (nSPS) is 16.0. The lowest BCUT2D eigenvalue weighted by atomic mass is 10.2. The molecule has 0 saturated carbocycles. The topological polar surface area (TPSA) is 113 Å². The third kappa shape index (κ3) is 5.24. The van der Waals surface area contributed by atoms with Crippen LogP contribution >= 0.6 is 0 Å². The van der Waals surface area contributed by atoms with E-state index in [1.807, 2.05) is 0 Å². The lowest BCUT2D eigenvalue weighted by Crippen LogP contribution is -2.32. The van der Waals surface area contributed by atoms with Gasteiger partial charge < -0.3 is 19.5 Å². The summed E-state index contributed by atoms with van der Waals surface area (Å²) in [5.41, 5.74) is 1.89. The first-order valence-electron chi connectivity index (χ1n) is 10.1. The van der Waals surface area contributed by atoms with Crippen molar-refractivity contribution in [2.45, 2.75) is 26.1 Å². The second-order valence-electron chi connectivity index (χ2n) is 7.23. The molecule has 1 aliphatic heterocycles. The number of carbonyl (C=O) groups is 1. The molecule has 3 aromatic rings. The molecule has 1 aromatic carbocycles. The Morgan fingerprint density at radius 2 is 2.16 bits per heavy atom. The summed E-state index contributed by atoms with van der Waals surface area (Å²) in [5, 5.41) is 11.0. The van der Waals surface area contributed by atoms with Gasteiger partial charge in [0, 0.05) is 6.54 Å². The Labute approximate surface area is 183 Å². The van der Waals surface area contributed by atoms with Gasteiger partial charge in [-0.15, -0.1) is 5.10 Å². The van der Waals surface area contributed by atoms with Gasteiger partial charge >= 0.3 is 0 Å². The van der Waals surface area contributed by atoms with Gasteiger partial charge in [-0.3, -0.25) is 4.79 Å². The molecule has 4 rings (SSSR count). The minimum atomic E-state index is -0.464. The van der Waals surface area contributed by atoms with E-state index < -0.39 is 5.82 Å². The van der Waals surface area contributed by atoms with Gasteiger partial charge in [0.25, 0.3) is 5.91 Å². The fourth-order valence-corrected chi connectivity index (χ4v) is 3.26. The molecule has 1 saturated heterocycles. The molecule has 0 unspecified atom stereocenters. The van der Waals surface area contributed by atoms with E-state index in [0.29, 0.717) is 49.1 Å². The van der Waals surface area contributed by atoms with E-state index in [0.717, 1.165) is 0 Å². The number of hydrogen-bond donors (Lipinski definition) is 1. The zero-order valence-corrected chi connectivity index (χ0v) is 17.7. The van der Waals surface area contributed by atoms with Crippen molar-refractivity contribution in [3.05, 3.63) is 53.4 Å². The van der Waals surface area contributed by atoms with Crippen molar-refractivity contribution >= 4 is 5.91 Å². The molecule has 1 fully saturated rings. The van der Waals surface area contributed by atoms with Gasteiger partial charge in [-0.2, -0.15) is 0 Å². The van der Waals surface area contributed by atoms with Crippen LogP contribution in [0.3, 0.4) is 0 Å². The van der Waals surface area contributed by atoms with Crippen LogP contribution in [0.5, 0.6) is 5.75 Å². The first kappa shape index (κ1) is 21.8. The molecule has 2 aromatic heterocycles. The van der Waals surface area contributed by atoms with Crippen molar-refractivity contribution in [1.29, 1.82) is 0 Å². The molecule has 3 heterocycles. The van der Waals surface area contributed by atoms with Crippen LogP contribution in [-0.4, -0.2) is 63.9 Å². The number of rotatable bonds is 7. The van der Waals surface area contributed by atoms with Crippen molar-refractivity contribution in [3.8, 4) is 17.1 Å². The van der Waals surface area contributed by atoms with Crippen LogP contribution in [0.1, 0.15) is 21.9 Å². The maximum absolute atomic E-state index is 13.6. The molecule has 32 heavy (non-hydrogen) atoms. The number of nitrogens with one attached hydrogen (secondary N) is 1. The number of ether oxygens (including phenoxy) is 3. The average molecular weight is 442 g/mol. The average Bonchev–Trinajstić information content (AvgIpc) is 3.27. The van der Waals surface area contributed by atoms with Crippen LogP contribution in [0.2, 0.25) is 0 Å². The second kappa shape index (κ2) is 9.79. The van der Waals surface area contributed by atoms with Crippen LogP contribution in [0.15, 0.2) is 30.5 Å². The molecule has 11 heteroatoms. The molecule has 0 spiro atoms. The first-order chi connectivity index (χ1) is 15.5. The second-order valence-corrected chi connectivity index (χ2v) is 7.23. The minimum Gasteiger partial charge on any atom is -0.494 e. The Kier molecular flexibility index (Phi) is 6.66. The van der Waals surface area contributed by atoms with E-state index in [1.54, 1.807) is 29.9 Å². The number of hydrogen-bond acceptors (Lipinski definition) is 8. The van der Waals surface area contributed by atoms with Crippen molar-refractivity contribution in [2.24, 2.45) is 0 Å². The number of nitrogens with zero attached hydrogens (tertiary/aromatic N) is 5. The van der Waals surface area contributed by atoms with E-state index in [2.05, 4.69) is 25.6 Å². The van der Waals surface area contributed by atoms with Crippen LogP contribution in [-0.2, 0) is 22.6 Å². The number of amides is 1. The first-order valence-corrected chi connectivity index (χ1v) is 10.1. The van der Waals surface area contributed by atoms with E-state index in [1.165, 1.54) is 19.2 Å². The third-order valence-electron chi connectivity index (χ3n) is 4.82. The minimum absolute atomic E-state index is 0.0862. The Morgan fingerprint density at radius 3 is 2.94 bits per heavy atom. The molecule has 10 nitrogen and oxygen atoms in total. The predicted octanol–water partition coefficient (Wildman–Crippen LogP) is 1.54. The highest BCUT2D eigenvalue weighted by Crippen LogP contribution is 2.19. The molecule has 0 radical (unpaired) electrons. The van der Waals surface area contributed by atoms with Crippen molar-refractivity contribution in [1.82, 2.24) is 30.3 Å². The van der Waals surface area contributed by atoms with Crippen LogP contribution in [0.4, 0.5) is 4.39 Å². The van der Waals surface area contributed by atoms with Gasteiger partial charge in [-0.25, -0.2) is 19.0 Å². The molecule has 1 N–H and O–H groups in total. The summed E-state index contributed by atoms with van der Waals surface area (Å²) < 4.78 is 31.2. The fraction of sp³-hybridized carbons (Fsp3) is 0.381. The lowest BCUT2D eigenvalue weighted by Gasteiger charge is -2.22. The maximum Gasteiger partial charge on any atom is 0.270 e.